The molecule has 3 aromatic rings. The van der Waals surface area contributed by atoms with Crippen molar-refractivity contribution in [2.75, 3.05) is 7.11 Å². The average Bonchev–Trinajstić information content (AvgIpc) is 2.88. The van der Waals surface area contributed by atoms with Crippen LogP contribution in [0.3, 0.4) is 0 Å². The van der Waals surface area contributed by atoms with Gasteiger partial charge in [-0.25, -0.2) is 4.98 Å². The average molecular weight is 320 g/mol. The summed E-state index contributed by atoms with van der Waals surface area (Å²) in [5, 5.41) is 1.49. The first kappa shape index (κ1) is 14.3. The van der Waals surface area contributed by atoms with E-state index < -0.39 is 0 Å². The number of benzene rings is 2. The van der Waals surface area contributed by atoms with E-state index in [0.29, 0.717) is 11.6 Å². The molecule has 0 fully saturated rings. The van der Waals surface area contributed by atoms with Gasteiger partial charge in [0.1, 0.15) is 5.75 Å². The second-order valence-corrected chi connectivity index (χ2v) is 5.95. The van der Waals surface area contributed by atoms with Crippen LogP contribution in [0.5, 0.6) is 5.75 Å². The summed E-state index contributed by atoms with van der Waals surface area (Å²) >= 11 is 7.58. The first-order chi connectivity index (χ1) is 10.2. The van der Waals surface area contributed by atoms with E-state index in [1.807, 2.05) is 36.4 Å². The van der Waals surface area contributed by atoms with Gasteiger partial charge in [0, 0.05) is 22.5 Å². The minimum absolute atomic E-state index is 0.466. The van der Waals surface area contributed by atoms with Crippen LogP contribution in [0.1, 0.15) is 5.56 Å². The first-order valence-electron chi connectivity index (χ1n) is 6.39. The SMILES string of the molecule is COc1ccc2nc(Sc3cc(Cl)ccc3CN)[nH]c2c1. The molecule has 0 atom stereocenters. The van der Waals surface area contributed by atoms with Crippen LogP contribution in [-0.2, 0) is 6.54 Å². The van der Waals surface area contributed by atoms with Gasteiger partial charge in [-0.3, -0.25) is 0 Å². The molecule has 1 heterocycles. The van der Waals surface area contributed by atoms with Crippen molar-refractivity contribution >= 4 is 34.4 Å². The monoisotopic (exact) mass is 319 g/mol. The number of fused-ring (bicyclic) bond motifs is 1. The first-order valence-corrected chi connectivity index (χ1v) is 7.59. The fraction of sp³-hybridized carbons (Fsp3) is 0.133. The van der Waals surface area contributed by atoms with Gasteiger partial charge in [0.2, 0.25) is 0 Å². The Morgan fingerprint density at radius 2 is 2.14 bits per heavy atom. The van der Waals surface area contributed by atoms with Crippen molar-refractivity contribution in [2.45, 2.75) is 16.6 Å². The molecule has 0 aliphatic carbocycles. The number of hydrogen-bond donors (Lipinski definition) is 2. The van der Waals surface area contributed by atoms with Crippen molar-refractivity contribution in [3.63, 3.8) is 0 Å². The summed E-state index contributed by atoms with van der Waals surface area (Å²) in [5.41, 5.74) is 8.64. The lowest BCUT2D eigenvalue weighted by Gasteiger charge is -2.05. The van der Waals surface area contributed by atoms with Crippen molar-refractivity contribution < 1.29 is 4.74 Å². The third-order valence-electron chi connectivity index (χ3n) is 3.12. The van der Waals surface area contributed by atoms with Gasteiger partial charge >= 0.3 is 0 Å². The Balaban J connectivity index is 1.96. The van der Waals surface area contributed by atoms with Crippen LogP contribution in [-0.4, -0.2) is 17.1 Å². The van der Waals surface area contributed by atoms with Gasteiger partial charge in [0.15, 0.2) is 5.16 Å². The number of aromatic nitrogens is 2. The van der Waals surface area contributed by atoms with E-state index in [2.05, 4.69) is 9.97 Å². The Morgan fingerprint density at radius 3 is 2.90 bits per heavy atom. The van der Waals surface area contributed by atoms with E-state index in [4.69, 9.17) is 22.1 Å². The Morgan fingerprint density at radius 1 is 1.29 bits per heavy atom. The van der Waals surface area contributed by atoms with Crippen LogP contribution in [0.25, 0.3) is 11.0 Å². The van der Waals surface area contributed by atoms with Gasteiger partial charge in [-0.05, 0) is 29.8 Å². The van der Waals surface area contributed by atoms with Gasteiger partial charge in [-0.2, -0.15) is 0 Å². The second-order valence-electron chi connectivity index (χ2n) is 4.48. The van der Waals surface area contributed by atoms with Crippen molar-refractivity contribution in [2.24, 2.45) is 5.73 Å². The largest absolute Gasteiger partial charge is 0.497 e. The number of aromatic amines is 1. The maximum atomic E-state index is 6.06. The van der Waals surface area contributed by atoms with Gasteiger partial charge in [0.25, 0.3) is 0 Å². The van der Waals surface area contributed by atoms with E-state index >= 15 is 0 Å². The zero-order chi connectivity index (χ0) is 14.8. The summed E-state index contributed by atoms with van der Waals surface area (Å²) in [7, 11) is 1.65. The Bertz CT molecular complexity index is 788. The molecule has 0 radical (unpaired) electrons. The van der Waals surface area contributed by atoms with Crippen LogP contribution in [0.2, 0.25) is 5.02 Å². The van der Waals surface area contributed by atoms with Gasteiger partial charge < -0.3 is 15.5 Å². The molecule has 6 heteroatoms. The summed E-state index contributed by atoms with van der Waals surface area (Å²) in [5.74, 6) is 0.799. The van der Waals surface area contributed by atoms with E-state index in [1.165, 1.54) is 11.8 Å². The number of imidazole rings is 1. The van der Waals surface area contributed by atoms with Crippen LogP contribution in [0.15, 0.2) is 46.5 Å². The highest BCUT2D eigenvalue weighted by Crippen LogP contribution is 2.32. The lowest BCUT2D eigenvalue weighted by molar-refractivity contribution is 0.415. The number of methoxy groups -OCH3 is 1. The molecule has 0 aliphatic rings. The number of nitrogens with one attached hydrogen (secondary N) is 1. The summed E-state index contributed by atoms with van der Waals surface area (Å²) < 4.78 is 5.21. The highest BCUT2D eigenvalue weighted by atomic mass is 35.5. The van der Waals surface area contributed by atoms with Crippen molar-refractivity contribution in [3.05, 3.63) is 47.0 Å². The number of ether oxygens (including phenoxy) is 1. The van der Waals surface area contributed by atoms with E-state index in [-0.39, 0.29) is 0 Å². The number of nitrogens with zero attached hydrogens (tertiary/aromatic N) is 1. The zero-order valence-electron chi connectivity index (χ0n) is 11.4. The summed E-state index contributed by atoms with van der Waals surface area (Å²) in [6.07, 6.45) is 0. The summed E-state index contributed by atoms with van der Waals surface area (Å²) in [4.78, 5) is 8.84. The minimum Gasteiger partial charge on any atom is -0.497 e. The molecule has 3 N–H and O–H groups in total. The van der Waals surface area contributed by atoms with Crippen molar-refractivity contribution in [3.8, 4) is 5.75 Å². The maximum Gasteiger partial charge on any atom is 0.171 e. The number of nitrogens with two attached hydrogens (primary N) is 1. The topological polar surface area (TPSA) is 63.9 Å². The molecule has 0 aliphatic heterocycles. The van der Waals surface area contributed by atoms with Gasteiger partial charge in [0.05, 0.1) is 18.1 Å². The van der Waals surface area contributed by atoms with Crippen molar-refractivity contribution in [1.82, 2.24) is 9.97 Å². The summed E-state index contributed by atoms with van der Waals surface area (Å²) in [6, 6.07) is 11.4. The molecule has 0 bridgehead atoms. The Kier molecular flexibility index (Phi) is 4.05. The second kappa shape index (κ2) is 5.97. The number of halogens is 1. The van der Waals surface area contributed by atoms with Crippen LogP contribution >= 0.6 is 23.4 Å². The number of H-pyrrole nitrogens is 1. The molecule has 0 saturated carbocycles. The quantitative estimate of drug-likeness (QED) is 0.767. The smallest absolute Gasteiger partial charge is 0.171 e. The lowest BCUT2D eigenvalue weighted by Crippen LogP contribution is -1.98. The van der Waals surface area contributed by atoms with Gasteiger partial charge in [-0.1, -0.05) is 29.4 Å². The van der Waals surface area contributed by atoms with Gasteiger partial charge in [-0.15, -0.1) is 0 Å². The van der Waals surface area contributed by atoms with Crippen molar-refractivity contribution in [1.29, 1.82) is 0 Å². The third-order valence-corrected chi connectivity index (χ3v) is 4.34. The zero-order valence-corrected chi connectivity index (χ0v) is 13.0. The van der Waals surface area contributed by atoms with Crippen LogP contribution in [0.4, 0.5) is 0 Å². The molecule has 108 valence electrons. The normalized spacial score (nSPS) is 11.0. The maximum absolute atomic E-state index is 6.06. The predicted molar refractivity (Wildman–Crippen MR) is 86.1 cm³/mol. The molecule has 0 unspecified atom stereocenters. The molecule has 3 rings (SSSR count). The van der Waals surface area contributed by atoms with Crippen LogP contribution in [0, 0.1) is 0 Å². The molecule has 2 aromatic carbocycles. The molecule has 21 heavy (non-hydrogen) atoms. The molecule has 0 amide bonds. The van der Waals surface area contributed by atoms with Crippen LogP contribution < -0.4 is 10.5 Å². The fourth-order valence-corrected chi connectivity index (χ4v) is 3.26. The number of hydrogen-bond acceptors (Lipinski definition) is 4. The van der Waals surface area contributed by atoms with E-state index in [1.54, 1.807) is 7.11 Å². The Labute approximate surface area is 131 Å². The molecular formula is C15H14ClN3OS. The molecule has 4 nitrogen and oxygen atoms in total. The molecule has 1 aromatic heterocycles. The summed E-state index contributed by atoms with van der Waals surface area (Å²) in [6.45, 7) is 0.466. The third kappa shape index (κ3) is 3.00. The number of rotatable bonds is 4. The standard InChI is InChI=1S/C15H14ClN3OS/c1-20-11-4-5-12-13(7-11)19-15(18-12)21-14-6-10(16)3-2-9(14)8-17/h2-7H,8,17H2,1H3,(H,18,19). The predicted octanol–water partition coefficient (Wildman–Crippen LogP) is 3.83. The molecule has 0 spiro atoms. The fourth-order valence-electron chi connectivity index (χ4n) is 2.04. The lowest BCUT2D eigenvalue weighted by atomic mass is 10.2. The molecule has 0 saturated heterocycles. The van der Waals surface area contributed by atoms with E-state index in [0.717, 1.165) is 32.4 Å². The Hall–Kier alpha value is -1.69. The highest BCUT2D eigenvalue weighted by Gasteiger charge is 2.09. The minimum atomic E-state index is 0.466. The highest BCUT2D eigenvalue weighted by molar-refractivity contribution is 7.99. The van der Waals surface area contributed by atoms with E-state index in [9.17, 15) is 0 Å². The molecular weight excluding hydrogens is 306 g/mol.